The maximum absolute atomic E-state index is 7.12. The molecular formula is C90H82N6O2. The van der Waals surface area contributed by atoms with Crippen molar-refractivity contribution in [3.8, 4) is 11.5 Å². The summed E-state index contributed by atoms with van der Waals surface area (Å²) in [6, 6.07) is 116. The molecule has 0 aromatic heterocycles. The van der Waals surface area contributed by atoms with Crippen molar-refractivity contribution >= 4 is 116 Å². The lowest BCUT2D eigenvalue weighted by atomic mass is 10.1. The molecule has 0 heterocycles. The highest BCUT2D eigenvalue weighted by Gasteiger charge is 2.12. The normalized spacial score (nSPS) is 10.5. The largest absolute Gasteiger partial charge is 0.497 e. The van der Waals surface area contributed by atoms with E-state index in [0.717, 1.165) is 39.9 Å². The summed E-state index contributed by atoms with van der Waals surface area (Å²) >= 11 is 0. The van der Waals surface area contributed by atoms with Crippen LogP contribution in [0.5, 0.6) is 11.5 Å². The molecule has 98 heavy (non-hydrogen) atoms. The van der Waals surface area contributed by atoms with Gasteiger partial charge < -0.3 is 34.0 Å². The number of rotatable bonds is 12. The Bertz CT molecular complexity index is 5170. The molecular weight excluding hydrogens is 1200 g/mol. The topological polar surface area (TPSA) is 39.0 Å². The van der Waals surface area contributed by atoms with Gasteiger partial charge in [0.05, 0.1) is 20.8 Å². The summed E-state index contributed by atoms with van der Waals surface area (Å²) in [5, 5.41) is 12.6. The van der Waals surface area contributed by atoms with Crippen molar-refractivity contribution in [2.75, 3.05) is 74.0 Å². The molecule has 0 radical (unpaired) electrons. The fourth-order valence-electron chi connectivity index (χ4n) is 11.8. The molecule has 15 aromatic rings. The Morgan fingerprint density at radius 3 is 1.02 bits per heavy atom. The molecule has 0 fully saturated rings. The number of anilines is 10. The SMILES string of the molecule is COc1ccc(N(C)c2ccc3ccccc3c2)cc1.COc1cccc(N(C)c2ccc3ccccc3c2)c1.Cc1ccc(N(C)c2ccc3ccccc3c2)cc1.Cc1cccc(N(C)c2ccc3ccccc3c2)c1.[C-]#[N+]c1cccc(N(C)c2cccc3ccccc23)c1. The summed E-state index contributed by atoms with van der Waals surface area (Å²) in [6.07, 6.45) is 0. The maximum atomic E-state index is 7.12. The zero-order valence-corrected chi connectivity index (χ0v) is 57.3. The molecule has 0 amide bonds. The predicted octanol–water partition coefficient (Wildman–Crippen LogP) is 24.2. The van der Waals surface area contributed by atoms with Gasteiger partial charge in [-0.05, 0) is 195 Å². The monoisotopic (exact) mass is 1280 g/mol. The number of fused-ring (bicyclic) bond motifs is 5. The van der Waals surface area contributed by atoms with Crippen LogP contribution in [0.3, 0.4) is 0 Å². The number of aryl methyl sites for hydroxylation is 2. The molecule has 0 bridgehead atoms. The van der Waals surface area contributed by atoms with Crippen molar-refractivity contribution in [1.82, 2.24) is 0 Å². The van der Waals surface area contributed by atoms with Crippen LogP contribution in [0, 0.1) is 20.4 Å². The van der Waals surface area contributed by atoms with Gasteiger partial charge in [-0.2, -0.15) is 0 Å². The molecule has 8 heteroatoms. The third kappa shape index (κ3) is 16.8. The third-order valence-corrected chi connectivity index (χ3v) is 17.7. The van der Waals surface area contributed by atoms with Crippen molar-refractivity contribution in [2.45, 2.75) is 13.8 Å². The minimum atomic E-state index is 0.662. The first-order valence-electron chi connectivity index (χ1n) is 32.8. The Hall–Kier alpha value is -12.3. The van der Waals surface area contributed by atoms with Crippen molar-refractivity contribution in [3.63, 3.8) is 0 Å². The summed E-state index contributed by atoms with van der Waals surface area (Å²) in [6.45, 7) is 11.4. The van der Waals surface area contributed by atoms with E-state index in [0.29, 0.717) is 5.69 Å². The summed E-state index contributed by atoms with van der Waals surface area (Å²) in [5.74, 6) is 1.75. The molecule has 0 unspecified atom stereocenters. The first-order valence-corrected chi connectivity index (χ1v) is 32.8. The molecule has 0 spiro atoms. The highest BCUT2D eigenvalue weighted by Crippen LogP contribution is 2.35. The van der Waals surface area contributed by atoms with E-state index >= 15 is 0 Å². The van der Waals surface area contributed by atoms with Crippen molar-refractivity contribution in [2.24, 2.45) is 0 Å². The van der Waals surface area contributed by atoms with Crippen LogP contribution in [0.2, 0.25) is 0 Å². The smallest absolute Gasteiger partial charge is 0.189 e. The van der Waals surface area contributed by atoms with Gasteiger partial charge in [0.1, 0.15) is 11.5 Å². The Kier molecular flexibility index (Phi) is 22.1. The summed E-state index contributed by atoms with van der Waals surface area (Å²) < 4.78 is 10.5. The van der Waals surface area contributed by atoms with E-state index in [1.165, 1.54) is 93.4 Å². The average Bonchev–Trinajstić information content (AvgIpc) is 0.835. The molecule has 8 nitrogen and oxygen atoms in total. The summed E-state index contributed by atoms with van der Waals surface area (Å²) in [4.78, 5) is 14.4. The number of ether oxygens (including phenoxy) is 2. The van der Waals surface area contributed by atoms with Gasteiger partial charge in [-0.25, -0.2) is 4.85 Å². The Morgan fingerprint density at radius 1 is 0.245 bits per heavy atom. The second kappa shape index (κ2) is 32.2. The molecule has 0 aliphatic carbocycles. The first-order chi connectivity index (χ1) is 47.8. The third-order valence-electron chi connectivity index (χ3n) is 17.7. The van der Waals surface area contributed by atoms with Gasteiger partial charge >= 0.3 is 0 Å². The number of methoxy groups -OCH3 is 2. The van der Waals surface area contributed by atoms with E-state index in [1.54, 1.807) is 14.2 Å². The lowest BCUT2D eigenvalue weighted by molar-refractivity contribution is 0.415. The Morgan fingerprint density at radius 2 is 0.582 bits per heavy atom. The van der Waals surface area contributed by atoms with Gasteiger partial charge in [-0.1, -0.05) is 206 Å². The molecule has 0 atom stereocenters. The van der Waals surface area contributed by atoms with E-state index in [4.69, 9.17) is 16.0 Å². The van der Waals surface area contributed by atoms with E-state index in [2.05, 4.69) is 344 Å². The van der Waals surface area contributed by atoms with E-state index in [-0.39, 0.29) is 0 Å². The zero-order chi connectivity index (χ0) is 68.3. The van der Waals surface area contributed by atoms with Crippen molar-refractivity contribution in [3.05, 3.63) is 356 Å². The Labute approximate surface area is 578 Å². The highest BCUT2D eigenvalue weighted by atomic mass is 16.5. The molecule has 0 saturated carbocycles. The molecule has 0 saturated heterocycles. The van der Waals surface area contributed by atoms with Crippen LogP contribution >= 0.6 is 0 Å². The number of hydrogen-bond acceptors (Lipinski definition) is 7. The zero-order valence-electron chi connectivity index (χ0n) is 57.3. The van der Waals surface area contributed by atoms with Crippen molar-refractivity contribution in [1.29, 1.82) is 0 Å². The molecule has 0 aliphatic heterocycles. The second-order valence-corrected chi connectivity index (χ2v) is 24.1. The summed E-state index contributed by atoms with van der Waals surface area (Å²) in [7, 11) is 13.8. The van der Waals surface area contributed by atoms with Crippen molar-refractivity contribution < 1.29 is 9.47 Å². The van der Waals surface area contributed by atoms with Crippen LogP contribution in [0.1, 0.15) is 11.1 Å². The summed E-state index contributed by atoms with van der Waals surface area (Å²) in [5.41, 5.74) is 14.8. The minimum absolute atomic E-state index is 0.662. The fourth-order valence-corrected chi connectivity index (χ4v) is 11.8. The van der Waals surface area contributed by atoms with Gasteiger partial charge in [0, 0.05) is 104 Å². The van der Waals surface area contributed by atoms with Gasteiger partial charge in [0.2, 0.25) is 0 Å². The van der Waals surface area contributed by atoms with Crippen LogP contribution in [0.15, 0.2) is 334 Å². The van der Waals surface area contributed by atoms with Gasteiger partial charge in [-0.3, -0.25) is 0 Å². The molecule has 0 aliphatic rings. The maximum Gasteiger partial charge on any atom is 0.189 e. The molecule has 484 valence electrons. The van der Waals surface area contributed by atoms with Crippen LogP contribution in [0.4, 0.5) is 62.6 Å². The first kappa shape index (κ1) is 67.1. The van der Waals surface area contributed by atoms with Gasteiger partial charge in [-0.15, -0.1) is 0 Å². The number of nitrogens with zero attached hydrogens (tertiary/aromatic N) is 6. The Balaban J connectivity index is 0.000000124. The molecule has 15 rings (SSSR count). The lowest BCUT2D eigenvalue weighted by Gasteiger charge is -2.21. The highest BCUT2D eigenvalue weighted by molar-refractivity contribution is 5.96. The number of hydrogen-bond donors (Lipinski definition) is 0. The molecule has 0 N–H and O–H groups in total. The van der Waals surface area contributed by atoms with Gasteiger partial charge in [0.15, 0.2) is 5.69 Å². The minimum Gasteiger partial charge on any atom is -0.497 e. The van der Waals surface area contributed by atoms with Gasteiger partial charge in [0.25, 0.3) is 0 Å². The van der Waals surface area contributed by atoms with Crippen LogP contribution in [-0.2, 0) is 0 Å². The quantitative estimate of drug-likeness (QED) is 0.113. The average molecular weight is 1280 g/mol. The van der Waals surface area contributed by atoms with Crippen LogP contribution in [-0.4, -0.2) is 49.5 Å². The fraction of sp³-hybridized carbons (Fsp3) is 0.100. The number of benzene rings is 15. The molecule has 15 aromatic carbocycles. The lowest BCUT2D eigenvalue weighted by Crippen LogP contribution is -2.09. The van der Waals surface area contributed by atoms with Crippen LogP contribution in [0.25, 0.3) is 58.7 Å². The standard InChI is InChI=1S/C18H14N2.2C18H17NO.2C18H17N/c1-19-15-9-6-10-16(13-15)20(2)18-12-5-8-14-7-3-4-11-17(14)18;1-19(16-8-5-9-18(13-16)20-2)17-11-10-14-6-3-4-7-15(14)12-17;1-19(16-9-11-18(20-2)12-10-16)17-8-7-14-5-3-4-6-15(14)13-17;1-14-6-5-9-17(12-14)19(2)18-11-10-15-7-3-4-8-16(15)13-18;1-14-7-10-17(11-8-14)19(2)18-12-9-15-5-3-4-6-16(15)13-18/h3-13H,2H3;2*3-13H,1-2H3;2*3-13H,1-2H3. The van der Waals surface area contributed by atoms with E-state index in [1.807, 2.05) is 67.7 Å². The van der Waals surface area contributed by atoms with Crippen LogP contribution < -0.4 is 34.0 Å². The predicted molar refractivity (Wildman–Crippen MR) is 421 cm³/mol. The van der Waals surface area contributed by atoms with E-state index in [9.17, 15) is 0 Å². The van der Waals surface area contributed by atoms with E-state index < -0.39 is 0 Å². The second-order valence-electron chi connectivity index (χ2n) is 24.1.